The average Bonchev–Trinajstić information content (AvgIpc) is 0.774. The minimum atomic E-state index is -1.28. The highest BCUT2D eigenvalue weighted by Gasteiger charge is 2.56. The molecule has 0 amide bonds. The van der Waals surface area contributed by atoms with Crippen LogP contribution in [-0.4, -0.2) is 178 Å². The SMILES string of the molecule is C#CCCCO[C@@H]1OC(C)[C@@H](O[C@@H]2OC(COC(C)=O)[C@@H](O[C@@H]3OC(C)[C@@H](O[C@@H]4OC(COC(C)=O)[C@@H](O[C@@H]5OC(C)[C@@H](O)[C@@H](OCc6ccccc6)C5C)[C@H](C)C4N=[N+]=[N-])[C@@H](OCc4ccccc4)C3C)[C@H](C)C2N=[N+]=[N-])[C@@H](OCc2ccccc2)C1C.O=C=O.O=C=O.O=C=O. The van der Waals surface area contributed by atoms with Crippen molar-refractivity contribution in [3.05, 3.63) is 129 Å². The maximum absolute atomic E-state index is 12.6. The van der Waals surface area contributed by atoms with Gasteiger partial charge in [-0.3, -0.25) is 9.59 Å². The summed E-state index contributed by atoms with van der Waals surface area (Å²) in [6.45, 7) is 17.8. The van der Waals surface area contributed by atoms with E-state index in [9.17, 15) is 25.8 Å². The van der Waals surface area contributed by atoms with Gasteiger partial charge in [0.05, 0.1) is 87.3 Å². The first kappa shape index (κ1) is 81.0. The molecule has 98 heavy (non-hydrogen) atoms. The number of hydrogen-bond acceptors (Lipinski definition) is 26. The van der Waals surface area contributed by atoms with E-state index < -0.39 is 158 Å². The molecule has 534 valence electrons. The van der Waals surface area contributed by atoms with Crippen LogP contribution in [0.4, 0.5) is 0 Å². The minimum Gasteiger partial charge on any atom is -0.463 e. The summed E-state index contributed by atoms with van der Waals surface area (Å²) < 4.78 is 98.2. The van der Waals surface area contributed by atoms with Crippen molar-refractivity contribution < 1.29 is 115 Å². The topological polar surface area (TPSA) is 393 Å². The van der Waals surface area contributed by atoms with Gasteiger partial charge in [0, 0.05) is 47.8 Å². The molecule has 25 atom stereocenters. The normalized spacial score (nSPS) is 34.0. The van der Waals surface area contributed by atoms with Crippen LogP contribution < -0.4 is 0 Å². The fourth-order valence-corrected chi connectivity index (χ4v) is 12.3. The molecule has 5 heterocycles. The molecule has 30 heteroatoms. The Kier molecular flexibility index (Phi) is 35.0. The van der Waals surface area contributed by atoms with Crippen molar-refractivity contribution in [2.24, 2.45) is 39.8 Å². The van der Waals surface area contributed by atoms with Gasteiger partial charge in [-0.2, -0.15) is 28.8 Å². The van der Waals surface area contributed by atoms with Crippen LogP contribution in [0.5, 0.6) is 0 Å². The Morgan fingerprint density at radius 3 is 1.17 bits per heavy atom. The van der Waals surface area contributed by atoms with E-state index in [0.717, 1.165) is 16.7 Å². The second kappa shape index (κ2) is 42.3. The lowest BCUT2D eigenvalue weighted by Crippen LogP contribution is -2.63. The first-order valence-corrected chi connectivity index (χ1v) is 32.1. The molecule has 5 aliphatic rings. The van der Waals surface area contributed by atoms with E-state index in [-0.39, 0.29) is 57.4 Å². The standard InChI is InChI=1S/C65H88N6O18.3CO2/c1-12-13-23-30-75-61-39(5)57(79-32-47-26-19-15-20-27-47)59(42(8)82-61)88-64-52(69-71-67)37(3)55(50(85-64)35-77-45(11)73)87-63-40(6)58(80-33-48-28-21-16-22-29-48)60(43(9)83-63)89-65-51(68-70-66)36(2)54(49(84-65)34-76-44(10)72)86-62-38(4)56(53(74)41(7)81-62)78-31-46-24-17-14-18-25-46;3*2-1-3/h1,14-22,24-29,36-43,49-65,74H,13,23,30-35H2,2-11H3;;;/t36-,37-,38?,39?,40?,41?,42?,43?,49?,50?,51?,52?,53-,54+,55+,56+,57+,58+,59-,60-,61-,62+,63+,64+,65+;;;/m1.../s1. The number of carbonyl (C=O) groups excluding carboxylic acids is 8. The van der Waals surface area contributed by atoms with E-state index in [1.807, 2.05) is 133 Å². The van der Waals surface area contributed by atoms with Gasteiger partial charge < -0.3 is 76.2 Å². The molecule has 5 saturated heterocycles. The van der Waals surface area contributed by atoms with Crippen LogP contribution in [0.15, 0.2) is 101 Å². The smallest absolute Gasteiger partial charge is 0.373 e. The van der Waals surface area contributed by atoms with Crippen molar-refractivity contribution in [3.8, 4) is 12.3 Å². The van der Waals surface area contributed by atoms with Gasteiger partial charge in [0.25, 0.3) is 0 Å². The molecule has 0 aliphatic carbocycles. The second-order valence-electron chi connectivity index (χ2n) is 24.1. The number of esters is 2. The zero-order valence-electron chi connectivity index (χ0n) is 56.3. The van der Waals surface area contributed by atoms with Crippen LogP contribution in [0.3, 0.4) is 0 Å². The van der Waals surface area contributed by atoms with E-state index in [1.54, 1.807) is 13.8 Å². The van der Waals surface area contributed by atoms with Gasteiger partial charge in [-0.25, -0.2) is 0 Å². The Morgan fingerprint density at radius 2 is 0.806 bits per heavy atom. The van der Waals surface area contributed by atoms with Gasteiger partial charge in [-0.15, -0.1) is 12.3 Å². The van der Waals surface area contributed by atoms with Crippen LogP contribution in [0.1, 0.15) is 98.8 Å². The number of azide groups is 2. The first-order valence-electron chi connectivity index (χ1n) is 32.1. The summed E-state index contributed by atoms with van der Waals surface area (Å²) in [5, 5.41) is 19.8. The third-order valence-corrected chi connectivity index (χ3v) is 17.3. The summed E-state index contributed by atoms with van der Waals surface area (Å²) >= 11 is 0. The third-order valence-electron chi connectivity index (χ3n) is 17.3. The van der Waals surface area contributed by atoms with Crippen LogP contribution in [-0.2, 0) is 129 Å². The van der Waals surface area contributed by atoms with E-state index >= 15 is 0 Å². The molecule has 3 aromatic carbocycles. The van der Waals surface area contributed by atoms with Crippen LogP contribution >= 0.6 is 0 Å². The van der Waals surface area contributed by atoms with Crippen molar-refractivity contribution >= 4 is 30.4 Å². The van der Waals surface area contributed by atoms with Gasteiger partial charge in [0.15, 0.2) is 31.5 Å². The molecule has 0 saturated carbocycles. The summed E-state index contributed by atoms with van der Waals surface area (Å²) in [6.07, 6.45) is -8.51. The minimum absolute atomic E-state index is 0.136. The molecule has 0 aromatic heterocycles. The largest absolute Gasteiger partial charge is 0.463 e. The molecule has 5 aliphatic heterocycles. The molecule has 30 nitrogen and oxygen atoms in total. The van der Waals surface area contributed by atoms with E-state index in [2.05, 4.69) is 26.0 Å². The molecular formula is C68H88N6O24. The number of aliphatic hydroxyl groups excluding tert-OH is 1. The van der Waals surface area contributed by atoms with Crippen molar-refractivity contribution in [1.29, 1.82) is 0 Å². The molecular weight excluding hydrogens is 1280 g/mol. The summed E-state index contributed by atoms with van der Waals surface area (Å²) in [5.74, 6) is -1.33. The lowest BCUT2D eigenvalue weighted by molar-refractivity contribution is -0.367. The molecule has 0 bridgehead atoms. The van der Waals surface area contributed by atoms with E-state index in [4.69, 9.17) is 106 Å². The number of unbranched alkanes of at least 4 members (excludes halogenated alkanes) is 1. The molecule has 3 aromatic rings. The van der Waals surface area contributed by atoms with Crippen LogP contribution in [0.2, 0.25) is 0 Å². The Labute approximate surface area is 568 Å². The Balaban J connectivity index is 0.00000182. The summed E-state index contributed by atoms with van der Waals surface area (Å²) in [5.41, 5.74) is 23.1. The molecule has 0 spiro atoms. The maximum atomic E-state index is 12.6. The monoisotopic (exact) mass is 1370 g/mol. The second-order valence-corrected chi connectivity index (χ2v) is 24.1. The molecule has 10 unspecified atom stereocenters. The summed E-state index contributed by atoms with van der Waals surface area (Å²) in [6, 6.07) is 26.8. The first-order chi connectivity index (χ1) is 47.1. The number of rotatable bonds is 27. The van der Waals surface area contributed by atoms with Gasteiger partial charge in [-0.1, -0.05) is 136 Å². The zero-order chi connectivity index (χ0) is 71.8. The molecule has 5 fully saturated rings. The zero-order valence-corrected chi connectivity index (χ0v) is 56.3. The lowest BCUT2D eigenvalue weighted by Gasteiger charge is -2.51. The van der Waals surface area contributed by atoms with Crippen molar-refractivity contribution in [2.75, 3.05) is 19.8 Å². The van der Waals surface area contributed by atoms with Crippen molar-refractivity contribution in [3.63, 3.8) is 0 Å². The fraction of sp³-hybridized carbons (Fsp3) is 0.632. The van der Waals surface area contributed by atoms with Crippen LogP contribution in [0.25, 0.3) is 20.9 Å². The highest BCUT2D eigenvalue weighted by molar-refractivity contribution is 5.66. The Bertz CT molecular complexity index is 3100. The Hall–Kier alpha value is -7.64. The van der Waals surface area contributed by atoms with E-state index in [0.29, 0.717) is 19.4 Å². The highest BCUT2D eigenvalue weighted by Crippen LogP contribution is 2.43. The predicted octanol–water partition coefficient (Wildman–Crippen LogP) is 7.67. The number of nitrogens with zero attached hydrogens (tertiary/aromatic N) is 6. The van der Waals surface area contributed by atoms with Gasteiger partial charge in [-0.05, 0) is 66.8 Å². The number of hydrogen-bond donors (Lipinski definition) is 1. The van der Waals surface area contributed by atoms with Crippen LogP contribution in [0, 0.1) is 41.9 Å². The number of ether oxygens (including phenoxy) is 15. The fourth-order valence-electron chi connectivity index (χ4n) is 12.3. The predicted molar refractivity (Wildman–Crippen MR) is 335 cm³/mol. The van der Waals surface area contributed by atoms with E-state index in [1.165, 1.54) is 13.8 Å². The lowest BCUT2D eigenvalue weighted by atomic mass is 9.87. The van der Waals surface area contributed by atoms with Crippen molar-refractivity contribution in [1.82, 2.24) is 0 Å². The van der Waals surface area contributed by atoms with Gasteiger partial charge in [0.2, 0.25) is 0 Å². The number of benzene rings is 3. The molecule has 8 rings (SSSR count). The number of carbonyl (C=O) groups is 2. The molecule has 1 N–H and O–H groups in total. The highest BCUT2D eigenvalue weighted by atomic mass is 16.8. The number of terminal acetylenes is 1. The van der Waals surface area contributed by atoms with Crippen molar-refractivity contribution in [2.45, 2.75) is 225 Å². The Morgan fingerprint density at radius 1 is 0.469 bits per heavy atom. The summed E-state index contributed by atoms with van der Waals surface area (Å²) in [4.78, 5) is 80.3. The number of aliphatic hydroxyl groups is 1. The maximum Gasteiger partial charge on any atom is 0.373 e. The average molecular weight is 1370 g/mol. The van der Waals surface area contributed by atoms with Gasteiger partial charge in [0.1, 0.15) is 43.7 Å². The quantitative estimate of drug-likeness (QED) is 0.0191. The third kappa shape index (κ3) is 23.5. The molecule has 0 radical (unpaired) electrons. The van der Waals surface area contributed by atoms with Gasteiger partial charge >= 0.3 is 30.4 Å². The summed E-state index contributed by atoms with van der Waals surface area (Å²) in [7, 11) is 0.